The van der Waals surface area contributed by atoms with E-state index in [1.165, 1.54) is 6.39 Å². The van der Waals surface area contributed by atoms with Gasteiger partial charge in [-0.15, -0.1) is 0 Å². The molecule has 0 aliphatic carbocycles. The van der Waals surface area contributed by atoms with Crippen molar-refractivity contribution in [2.45, 2.75) is 39.4 Å². The first-order chi connectivity index (χ1) is 10.1. The average molecular weight is 286 g/mol. The van der Waals surface area contributed by atoms with E-state index < -0.39 is 0 Å². The van der Waals surface area contributed by atoms with E-state index in [-0.39, 0.29) is 6.04 Å². The molecule has 7 heteroatoms. The van der Waals surface area contributed by atoms with Crippen molar-refractivity contribution in [3.63, 3.8) is 0 Å². The highest BCUT2D eigenvalue weighted by Gasteiger charge is 2.11. The summed E-state index contributed by atoms with van der Waals surface area (Å²) in [5.41, 5.74) is 2.01. The SMILES string of the molecule is CC(C)n1ncc2cc(CN[C@H](C)c3ncon3)cnc21. The molecule has 0 saturated heterocycles. The van der Waals surface area contributed by atoms with Gasteiger partial charge in [0.2, 0.25) is 6.39 Å². The third kappa shape index (κ3) is 2.78. The highest BCUT2D eigenvalue weighted by molar-refractivity contribution is 5.75. The molecule has 3 rings (SSSR count). The molecular formula is C14H18N6O. The van der Waals surface area contributed by atoms with Crippen LogP contribution < -0.4 is 5.32 Å². The van der Waals surface area contributed by atoms with Crippen molar-refractivity contribution in [2.75, 3.05) is 0 Å². The number of nitrogens with one attached hydrogen (secondary N) is 1. The fourth-order valence-electron chi connectivity index (χ4n) is 2.19. The molecule has 110 valence electrons. The first kappa shape index (κ1) is 13.7. The predicted octanol–water partition coefficient (Wildman–Crippen LogP) is 2.25. The molecule has 0 aliphatic heterocycles. The summed E-state index contributed by atoms with van der Waals surface area (Å²) in [5.74, 6) is 0.650. The number of hydrogen-bond donors (Lipinski definition) is 1. The van der Waals surface area contributed by atoms with E-state index in [0.717, 1.165) is 16.6 Å². The molecule has 1 N–H and O–H groups in total. The van der Waals surface area contributed by atoms with Gasteiger partial charge in [0.05, 0.1) is 12.2 Å². The maximum atomic E-state index is 4.75. The van der Waals surface area contributed by atoms with Crippen LogP contribution in [0.15, 0.2) is 29.4 Å². The molecule has 1 atom stereocenters. The molecule has 21 heavy (non-hydrogen) atoms. The Labute approximate surface area is 122 Å². The Hall–Kier alpha value is -2.28. The fourth-order valence-corrected chi connectivity index (χ4v) is 2.19. The van der Waals surface area contributed by atoms with E-state index in [0.29, 0.717) is 18.4 Å². The summed E-state index contributed by atoms with van der Waals surface area (Å²) in [4.78, 5) is 8.55. The summed E-state index contributed by atoms with van der Waals surface area (Å²) in [6, 6.07) is 2.43. The first-order valence-corrected chi connectivity index (χ1v) is 6.97. The monoisotopic (exact) mass is 286 g/mol. The molecule has 7 nitrogen and oxygen atoms in total. The van der Waals surface area contributed by atoms with Crippen molar-refractivity contribution in [1.29, 1.82) is 0 Å². The van der Waals surface area contributed by atoms with Gasteiger partial charge < -0.3 is 9.84 Å². The number of rotatable bonds is 5. The summed E-state index contributed by atoms with van der Waals surface area (Å²) in [7, 11) is 0. The van der Waals surface area contributed by atoms with Crippen molar-refractivity contribution >= 4 is 11.0 Å². The van der Waals surface area contributed by atoms with Crippen LogP contribution in [-0.2, 0) is 6.54 Å². The molecule has 0 bridgehead atoms. The smallest absolute Gasteiger partial charge is 0.213 e. The van der Waals surface area contributed by atoms with Crippen LogP contribution in [0.1, 0.15) is 44.2 Å². The Morgan fingerprint density at radius 2 is 2.10 bits per heavy atom. The molecule has 0 unspecified atom stereocenters. The molecule has 0 spiro atoms. The molecular weight excluding hydrogens is 268 g/mol. The number of aromatic nitrogens is 5. The predicted molar refractivity (Wildman–Crippen MR) is 77.5 cm³/mol. The third-order valence-electron chi connectivity index (χ3n) is 3.36. The highest BCUT2D eigenvalue weighted by Crippen LogP contribution is 2.17. The lowest BCUT2D eigenvalue weighted by Crippen LogP contribution is -2.19. The van der Waals surface area contributed by atoms with Gasteiger partial charge >= 0.3 is 0 Å². The Kier molecular flexibility index (Phi) is 3.66. The van der Waals surface area contributed by atoms with Gasteiger partial charge in [0.15, 0.2) is 11.5 Å². The third-order valence-corrected chi connectivity index (χ3v) is 3.36. The zero-order valence-electron chi connectivity index (χ0n) is 12.3. The highest BCUT2D eigenvalue weighted by atomic mass is 16.5. The van der Waals surface area contributed by atoms with Crippen LogP contribution >= 0.6 is 0 Å². The summed E-state index contributed by atoms with van der Waals surface area (Å²) in [5, 5.41) is 12.6. The maximum Gasteiger partial charge on any atom is 0.213 e. The van der Waals surface area contributed by atoms with Gasteiger partial charge in [-0.3, -0.25) is 0 Å². The number of fused-ring (bicyclic) bond motifs is 1. The van der Waals surface area contributed by atoms with Crippen molar-refractivity contribution in [2.24, 2.45) is 0 Å². The normalized spacial score (nSPS) is 13.1. The summed E-state index contributed by atoms with van der Waals surface area (Å²) in [6.45, 7) is 6.87. The van der Waals surface area contributed by atoms with E-state index in [1.54, 1.807) is 0 Å². The van der Waals surface area contributed by atoms with E-state index in [1.807, 2.05) is 24.0 Å². The van der Waals surface area contributed by atoms with Crippen LogP contribution in [-0.4, -0.2) is 24.9 Å². The Morgan fingerprint density at radius 3 is 2.81 bits per heavy atom. The van der Waals surface area contributed by atoms with Crippen LogP contribution in [0.4, 0.5) is 0 Å². The zero-order chi connectivity index (χ0) is 14.8. The topological polar surface area (TPSA) is 81.7 Å². The average Bonchev–Trinajstić information content (AvgIpc) is 3.13. The van der Waals surface area contributed by atoms with Gasteiger partial charge in [0.1, 0.15) is 0 Å². The summed E-state index contributed by atoms with van der Waals surface area (Å²) in [6.07, 6.45) is 5.06. The fraction of sp³-hybridized carbons (Fsp3) is 0.429. The summed E-state index contributed by atoms with van der Waals surface area (Å²) >= 11 is 0. The Morgan fingerprint density at radius 1 is 1.24 bits per heavy atom. The Balaban J connectivity index is 1.73. The van der Waals surface area contributed by atoms with Crippen LogP contribution in [0.3, 0.4) is 0 Å². The molecule has 0 aromatic carbocycles. The summed E-state index contributed by atoms with van der Waals surface area (Å²) < 4.78 is 6.67. The Bertz CT molecular complexity index is 718. The van der Waals surface area contributed by atoms with Crippen LogP contribution in [0.25, 0.3) is 11.0 Å². The number of hydrogen-bond acceptors (Lipinski definition) is 6. The second-order valence-electron chi connectivity index (χ2n) is 5.33. The molecule has 0 aliphatic rings. The minimum atomic E-state index is 0.0258. The van der Waals surface area contributed by atoms with E-state index in [2.05, 4.69) is 45.5 Å². The van der Waals surface area contributed by atoms with Gasteiger partial charge in [-0.2, -0.15) is 10.1 Å². The van der Waals surface area contributed by atoms with E-state index >= 15 is 0 Å². The van der Waals surface area contributed by atoms with Crippen LogP contribution in [0, 0.1) is 0 Å². The quantitative estimate of drug-likeness (QED) is 0.774. The number of pyridine rings is 1. The van der Waals surface area contributed by atoms with Crippen LogP contribution in [0.2, 0.25) is 0 Å². The molecule has 3 aromatic heterocycles. The standard InChI is InChI=1S/C14H18N6O/c1-9(2)20-14-12(7-18-20)4-11(6-16-14)5-15-10(3)13-17-8-21-19-13/h4,6-10,15H,5H2,1-3H3/t10-/m1/s1. The van der Waals surface area contributed by atoms with Gasteiger partial charge in [0.25, 0.3) is 0 Å². The molecule has 3 aromatic rings. The van der Waals surface area contributed by atoms with Gasteiger partial charge in [-0.25, -0.2) is 9.67 Å². The second kappa shape index (κ2) is 5.61. The zero-order valence-corrected chi connectivity index (χ0v) is 12.3. The largest absolute Gasteiger partial charge is 0.343 e. The van der Waals surface area contributed by atoms with Crippen molar-refractivity contribution < 1.29 is 4.52 Å². The van der Waals surface area contributed by atoms with Crippen LogP contribution in [0.5, 0.6) is 0 Å². The van der Waals surface area contributed by atoms with Gasteiger partial charge in [0, 0.05) is 24.2 Å². The maximum absolute atomic E-state index is 4.75. The minimum absolute atomic E-state index is 0.0258. The molecule has 0 fully saturated rings. The van der Waals surface area contributed by atoms with Gasteiger partial charge in [-0.1, -0.05) is 5.16 Å². The van der Waals surface area contributed by atoms with Crippen molar-refractivity contribution in [3.8, 4) is 0 Å². The number of nitrogens with zero attached hydrogens (tertiary/aromatic N) is 5. The van der Waals surface area contributed by atoms with E-state index in [4.69, 9.17) is 4.52 Å². The first-order valence-electron chi connectivity index (χ1n) is 6.97. The molecule has 0 amide bonds. The molecule has 3 heterocycles. The van der Waals surface area contributed by atoms with Crippen molar-refractivity contribution in [1.82, 2.24) is 30.2 Å². The minimum Gasteiger partial charge on any atom is -0.343 e. The molecule has 0 radical (unpaired) electrons. The second-order valence-corrected chi connectivity index (χ2v) is 5.33. The lowest BCUT2D eigenvalue weighted by molar-refractivity contribution is 0.398. The molecule has 0 saturated carbocycles. The van der Waals surface area contributed by atoms with E-state index in [9.17, 15) is 0 Å². The lowest BCUT2D eigenvalue weighted by Gasteiger charge is -2.10. The van der Waals surface area contributed by atoms with Gasteiger partial charge in [-0.05, 0) is 32.4 Å². The lowest BCUT2D eigenvalue weighted by atomic mass is 10.2. The van der Waals surface area contributed by atoms with Crippen molar-refractivity contribution in [3.05, 3.63) is 36.2 Å².